The van der Waals surface area contributed by atoms with Crippen molar-refractivity contribution in [3.05, 3.63) is 52.8 Å². The van der Waals surface area contributed by atoms with Gasteiger partial charge in [-0.2, -0.15) is 0 Å². The lowest BCUT2D eigenvalue weighted by Crippen LogP contribution is -2.06. The van der Waals surface area contributed by atoms with Gasteiger partial charge < -0.3 is 14.5 Å². The molecule has 1 N–H and O–H groups in total. The van der Waals surface area contributed by atoms with E-state index >= 15 is 0 Å². The van der Waals surface area contributed by atoms with Gasteiger partial charge in [-0.25, -0.2) is 14.2 Å². The number of rotatable bonds is 4. The van der Waals surface area contributed by atoms with Gasteiger partial charge in [-0.15, -0.1) is 0 Å². The first-order valence-corrected chi connectivity index (χ1v) is 8.66. The molecule has 7 heteroatoms. The van der Waals surface area contributed by atoms with Crippen molar-refractivity contribution in [2.24, 2.45) is 0 Å². The number of hydrogen-bond donors (Lipinski definition) is 1. The summed E-state index contributed by atoms with van der Waals surface area (Å²) in [6.07, 6.45) is 1.46. The van der Waals surface area contributed by atoms with Gasteiger partial charge in [0.1, 0.15) is 22.2 Å². The number of esters is 1. The normalized spacial score (nSPS) is 10.2. The van der Waals surface area contributed by atoms with Crippen molar-refractivity contribution in [3.63, 3.8) is 0 Å². The third-order valence-corrected chi connectivity index (χ3v) is 3.69. The second kappa shape index (κ2) is 8.67. The molecule has 3 rings (SSSR count). The third-order valence-electron chi connectivity index (χ3n) is 3.40. The number of pyridine rings is 1. The van der Waals surface area contributed by atoms with Crippen LogP contribution in [-0.4, -0.2) is 17.6 Å². The minimum Gasteiger partial charge on any atom is -0.460 e. The molecule has 0 aliphatic carbocycles. The van der Waals surface area contributed by atoms with Gasteiger partial charge in [0, 0.05) is 6.20 Å². The first-order valence-electron chi connectivity index (χ1n) is 8.28. The summed E-state index contributed by atoms with van der Waals surface area (Å²) < 4.78 is 24.7. The number of nitrogens with zero attached hydrogens (tertiary/aromatic N) is 1. The number of carbonyl (C=O) groups is 1. The number of halogens is 2. The van der Waals surface area contributed by atoms with Crippen molar-refractivity contribution in [3.8, 4) is 0 Å². The Hall–Kier alpha value is -2.60. The molecule has 26 heavy (non-hydrogen) atoms. The van der Waals surface area contributed by atoms with E-state index in [0.717, 1.165) is 5.56 Å². The summed E-state index contributed by atoms with van der Waals surface area (Å²) in [4.78, 5) is 16.1. The van der Waals surface area contributed by atoms with Gasteiger partial charge >= 0.3 is 5.97 Å². The van der Waals surface area contributed by atoms with Crippen LogP contribution in [0.25, 0.3) is 11.0 Å². The van der Waals surface area contributed by atoms with Gasteiger partial charge in [-0.3, -0.25) is 0 Å². The molecule has 3 aromatic rings. The van der Waals surface area contributed by atoms with Crippen molar-refractivity contribution >= 4 is 39.9 Å². The Morgan fingerprint density at radius 3 is 2.73 bits per heavy atom. The van der Waals surface area contributed by atoms with Crippen molar-refractivity contribution in [2.75, 3.05) is 11.9 Å². The lowest BCUT2D eigenvalue weighted by Gasteiger charge is -2.09. The summed E-state index contributed by atoms with van der Waals surface area (Å²) >= 11 is 6.13. The molecule has 0 atom stereocenters. The quantitative estimate of drug-likeness (QED) is 0.454. The smallest absolute Gasteiger partial charge is 0.376 e. The van der Waals surface area contributed by atoms with Crippen LogP contribution < -0.4 is 5.32 Å². The monoisotopic (exact) mass is 378 g/mol. The number of aryl methyl sites for hydroxylation is 1. The van der Waals surface area contributed by atoms with Crippen molar-refractivity contribution in [2.45, 2.75) is 27.7 Å². The summed E-state index contributed by atoms with van der Waals surface area (Å²) in [7, 11) is 0. The first kappa shape index (κ1) is 19.7. The average Bonchev–Trinajstić information content (AvgIpc) is 2.99. The molecule has 2 heterocycles. The lowest BCUT2D eigenvalue weighted by molar-refractivity contribution is 0.0494. The number of ether oxygens (including phenoxy) is 1. The van der Waals surface area contributed by atoms with Crippen LogP contribution in [0, 0.1) is 12.7 Å². The minimum atomic E-state index is -0.667. The molecule has 0 bridgehead atoms. The maximum Gasteiger partial charge on any atom is 0.376 e. The Balaban J connectivity index is 0.00000117. The minimum absolute atomic E-state index is 0.0817. The second-order valence-corrected chi connectivity index (χ2v) is 5.47. The van der Waals surface area contributed by atoms with Crippen LogP contribution in [0.3, 0.4) is 0 Å². The number of fused-ring (bicyclic) bond motifs is 1. The molecular formula is C19H20ClFN2O3. The highest BCUT2D eigenvalue weighted by atomic mass is 35.5. The van der Waals surface area contributed by atoms with E-state index in [-0.39, 0.29) is 28.9 Å². The molecule has 1 aromatic carbocycles. The predicted molar refractivity (Wildman–Crippen MR) is 101 cm³/mol. The number of furan rings is 1. The van der Waals surface area contributed by atoms with E-state index in [1.54, 1.807) is 32.0 Å². The van der Waals surface area contributed by atoms with E-state index in [2.05, 4.69) is 10.3 Å². The fraction of sp³-hybridized carbons (Fsp3) is 0.263. The molecule has 0 saturated heterocycles. The zero-order valence-corrected chi connectivity index (χ0v) is 15.8. The maximum absolute atomic E-state index is 14.2. The fourth-order valence-corrected chi connectivity index (χ4v) is 2.57. The predicted octanol–water partition coefficient (Wildman–Crippen LogP) is 5.88. The number of aromatic nitrogens is 1. The largest absolute Gasteiger partial charge is 0.460 e. The Morgan fingerprint density at radius 1 is 1.35 bits per heavy atom. The van der Waals surface area contributed by atoms with Crippen LogP contribution >= 0.6 is 11.6 Å². The van der Waals surface area contributed by atoms with Crippen molar-refractivity contribution < 1.29 is 18.3 Å². The molecule has 5 nitrogen and oxygen atoms in total. The zero-order valence-electron chi connectivity index (χ0n) is 15.0. The fourth-order valence-electron chi connectivity index (χ4n) is 2.32. The molecular weight excluding hydrogens is 359 g/mol. The topological polar surface area (TPSA) is 64.4 Å². The van der Waals surface area contributed by atoms with Gasteiger partial charge in [0.05, 0.1) is 17.7 Å². The van der Waals surface area contributed by atoms with Crippen LogP contribution in [0.15, 0.2) is 34.9 Å². The van der Waals surface area contributed by atoms with E-state index in [0.29, 0.717) is 11.0 Å². The summed E-state index contributed by atoms with van der Waals surface area (Å²) in [6.45, 7) is 7.65. The molecule has 0 spiro atoms. The van der Waals surface area contributed by atoms with Crippen LogP contribution in [0.1, 0.15) is 36.9 Å². The average molecular weight is 379 g/mol. The molecule has 0 fully saturated rings. The molecule has 2 aromatic heterocycles. The molecule has 0 saturated carbocycles. The summed E-state index contributed by atoms with van der Waals surface area (Å²) in [5.74, 6) is -1.21. The Labute approximate surface area is 156 Å². The standard InChI is InChI=1S/C17H14ClFN2O3.C2H6/c1-3-23-17(22)15-14(13-12(24-15)6-7-20-16(13)18)21-11-5-4-9(2)8-10(11)19;1-2/h4-8,21H,3H2,1-2H3;1-2H3. The molecule has 0 aliphatic rings. The third kappa shape index (κ3) is 3.96. The van der Waals surface area contributed by atoms with Crippen LogP contribution in [0.2, 0.25) is 5.15 Å². The van der Waals surface area contributed by atoms with Crippen molar-refractivity contribution in [1.29, 1.82) is 0 Å². The number of carbonyl (C=O) groups excluding carboxylic acids is 1. The highest BCUT2D eigenvalue weighted by molar-refractivity contribution is 6.35. The van der Waals surface area contributed by atoms with Crippen molar-refractivity contribution in [1.82, 2.24) is 4.98 Å². The molecule has 138 valence electrons. The second-order valence-electron chi connectivity index (χ2n) is 5.11. The van der Waals surface area contributed by atoms with E-state index in [1.807, 2.05) is 13.8 Å². The zero-order chi connectivity index (χ0) is 19.3. The Kier molecular flexibility index (Phi) is 6.58. The van der Waals surface area contributed by atoms with Gasteiger partial charge in [0.25, 0.3) is 0 Å². The molecule has 0 radical (unpaired) electrons. The number of hydrogen-bond acceptors (Lipinski definition) is 5. The molecule has 0 aliphatic heterocycles. The number of benzene rings is 1. The molecule has 0 amide bonds. The summed E-state index contributed by atoms with van der Waals surface area (Å²) in [6, 6.07) is 6.27. The lowest BCUT2D eigenvalue weighted by atomic mass is 10.2. The van der Waals surface area contributed by atoms with E-state index < -0.39 is 11.8 Å². The summed E-state index contributed by atoms with van der Waals surface area (Å²) in [5, 5.41) is 3.41. The Bertz CT molecular complexity index is 925. The molecule has 0 unspecified atom stereocenters. The van der Waals surface area contributed by atoms with Gasteiger partial charge in [0.15, 0.2) is 0 Å². The number of anilines is 2. The van der Waals surface area contributed by atoms with E-state index in [1.165, 1.54) is 12.3 Å². The summed E-state index contributed by atoms with van der Waals surface area (Å²) in [5.41, 5.74) is 1.55. The first-order chi connectivity index (χ1) is 12.5. The van der Waals surface area contributed by atoms with Crippen LogP contribution in [-0.2, 0) is 4.74 Å². The maximum atomic E-state index is 14.2. The van der Waals surface area contributed by atoms with Crippen LogP contribution in [0.4, 0.5) is 15.8 Å². The number of nitrogens with one attached hydrogen (secondary N) is 1. The highest BCUT2D eigenvalue weighted by Gasteiger charge is 2.24. The van der Waals surface area contributed by atoms with Gasteiger partial charge in [-0.1, -0.05) is 31.5 Å². The Morgan fingerprint density at radius 2 is 2.08 bits per heavy atom. The van der Waals surface area contributed by atoms with Gasteiger partial charge in [-0.05, 0) is 37.6 Å². The van der Waals surface area contributed by atoms with Crippen LogP contribution in [0.5, 0.6) is 0 Å². The van der Waals surface area contributed by atoms with E-state index in [4.69, 9.17) is 20.8 Å². The highest BCUT2D eigenvalue weighted by Crippen LogP contribution is 2.37. The van der Waals surface area contributed by atoms with E-state index in [9.17, 15) is 9.18 Å². The SMILES string of the molecule is CC.CCOC(=O)c1oc2ccnc(Cl)c2c1Nc1ccc(C)cc1F. The van der Waals surface area contributed by atoms with Gasteiger partial charge in [0.2, 0.25) is 5.76 Å².